The minimum absolute atomic E-state index is 0.0338. The van der Waals surface area contributed by atoms with Gasteiger partial charge in [-0.2, -0.15) is 0 Å². The molecule has 1 saturated heterocycles. The molecule has 1 aromatic carbocycles. The molecule has 2 rings (SSSR count). The van der Waals surface area contributed by atoms with E-state index in [1.54, 1.807) is 4.90 Å². The Morgan fingerprint density at radius 3 is 2.50 bits per heavy atom. The summed E-state index contributed by atoms with van der Waals surface area (Å²) in [5.41, 5.74) is 1.20. The first kappa shape index (κ1) is 18.2. The molecule has 0 bridgehead atoms. The Bertz CT molecular complexity index is 549. The van der Waals surface area contributed by atoms with E-state index in [1.807, 2.05) is 25.1 Å². The average Bonchev–Trinajstić information content (AvgIpc) is 2.61. The third-order valence-corrected chi connectivity index (χ3v) is 4.08. The molecule has 2 amide bonds. The molecule has 5 nitrogen and oxygen atoms in total. The number of carbonyl (C=O) groups is 2. The summed E-state index contributed by atoms with van der Waals surface area (Å²) in [6.45, 7) is 6.59. The summed E-state index contributed by atoms with van der Waals surface area (Å²) in [6, 6.07) is 10.2. The van der Waals surface area contributed by atoms with E-state index in [4.69, 9.17) is 0 Å². The van der Waals surface area contributed by atoms with Gasteiger partial charge in [0.1, 0.15) is 6.42 Å². The molecule has 1 heterocycles. The molecule has 0 aromatic heterocycles. The van der Waals surface area contributed by atoms with Crippen LogP contribution in [0.3, 0.4) is 0 Å². The zero-order valence-electron chi connectivity index (χ0n) is 14.4. The molecular formula is C19H27N3O2. The predicted molar refractivity (Wildman–Crippen MR) is 96.4 cm³/mol. The molecule has 1 aromatic rings. The molecule has 0 aliphatic carbocycles. The number of rotatable bonds is 7. The number of carbonyl (C=O) groups excluding carboxylic acids is 2. The molecule has 5 heteroatoms. The molecule has 0 spiro atoms. The fraction of sp³-hybridized carbons (Fsp3) is 0.474. The zero-order chi connectivity index (χ0) is 17.2. The van der Waals surface area contributed by atoms with E-state index >= 15 is 0 Å². The normalized spacial score (nSPS) is 15.6. The van der Waals surface area contributed by atoms with Gasteiger partial charge in [-0.15, -0.1) is 0 Å². The molecule has 1 aliphatic rings. The second-order valence-corrected chi connectivity index (χ2v) is 6.02. The van der Waals surface area contributed by atoms with Gasteiger partial charge in [0.15, 0.2) is 0 Å². The molecule has 0 unspecified atom stereocenters. The first-order chi connectivity index (χ1) is 11.7. The fourth-order valence-corrected chi connectivity index (χ4v) is 2.66. The number of nitrogens with zero attached hydrogens (tertiary/aromatic N) is 2. The molecule has 0 saturated carbocycles. The van der Waals surface area contributed by atoms with E-state index in [0.29, 0.717) is 19.6 Å². The van der Waals surface area contributed by atoms with Crippen molar-refractivity contribution in [3.05, 3.63) is 42.0 Å². The first-order valence-corrected chi connectivity index (χ1v) is 8.67. The average molecular weight is 329 g/mol. The maximum absolute atomic E-state index is 12.1. The van der Waals surface area contributed by atoms with Gasteiger partial charge in [0.2, 0.25) is 11.8 Å². The van der Waals surface area contributed by atoms with Gasteiger partial charge in [0, 0.05) is 39.3 Å². The maximum Gasteiger partial charge on any atom is 0.232 e. The minimum atomic E-state index is -0.171. The Balaban J connectivity index is 1.68. The van der Waals surface area contributed by atoms with Crippen molar-refractivity contribution in [2.24, 2.45) is 0 Å². The van der Waals surface area contributed by atoms with Gasteiger partial charge in [-0.05, 0) is 12.0 Å². The number of amides is 2. The SMILES string of the molecule is CCCNC(=O)CC(=O)N1CCN(C/C=C/c2ccccc2)CC1. The summed E-state index contributed by atoms with van der Waals surface area (Å²) in [7, 11) is 0. The van der Waals surface area contributed by atoms with Crippen molar-refractivity contribution in [2.45, 2.75) is 19.8 Å². The molecule has 0 atom stereocenters. The van der Waals surface area contributed by atoms with Gasteiger partial charge < -0.3 is 10.2 Å². The van der Waals surface area contributed by atoms with Crippen LogP contribution in [0.2, 0.25) is 0 Å². The van der Waals surface area contributed by atoms with E-state index in [-0.39, 0.29) is 18.2 Å². The van der Waals surface area contributed by atoms with Crippen molar-refractivity contribution in [3.8, 4) is 0 Å². The fourth-order valence-electron chi connectivity index (χ4n) is 2.66. The Morgan fingerprint density at radius 2 is 1.83 bits per heavy atom. The van der Waals surface area contributed by atoms with E-state index in [0.717, 1.165) is 26.1 Å². The molecule has 24 heavy (non-hydrogen) atoms. The zero-order valence-corrected chi connectivity index (χ0v) is 14.4. The Labute approximate surface area is 144 Å². The summed E-state index contributed by atoms with van der Waals surface area (Å²) in [5.74, 6) is -0.238. The molecule has 1 N–H and O–H groups in total. The third-order valence-electron chi connectivity index (χ3n) is 4.08. The van der Waals surface area contributed by atoms with Crippen molar-refractivity contribution in [2.75, 3.05) is 39.3 Å². The van der Waals surface area contributed by atoms with Crippen LogP contribution >= 0.6 is 0 Å². The number of piperazine rings is 1. The van der Waals surface area contributed by atoms with Gasteiger partial charge in [0.25, 0.3) is 0 Å². The molecule has 0 radical (unpaired) electrons. The van der Waals surface area contributed by atoms with Gasteiger partial charge >= 0.3 is 0 Å². The van der Waals surface area contributed by atoms with Crippen LogP contribution in [0.5, 0.6) is 0 Å². The van der Waals surface area contributed by atoms with Crippen molar-refractivity contribution in [1.29, 1.82) is 0 Å². The lowest BCUT2D eigenvalue weighted by Crippen LogP contribution is -2.49. The van der Waals surface area contributed by atoms with Crippen LogP contribution in [0.15, 0.2) is 36.4 Å². The molecule has 1 aliphatic heterocycles. The van der Waals surface area contributed by atoms with E-state index in [2.05, 4.69) is 34.5 Å². The van der Waals surface area contributed by atoms with Crippen LogP contribution in [0.4, 0.5) is 0 Å². The summed E-state index contributed by atoms with van der Waals surface area (Å²) in [4.78, 5) is 27.8. The number of nitrogens with one attached hydrogen (secondary N) is 1. The van der Waals surface area contributed by atoms with Crippen molar-refractivity contribution in [3.63, 3.8) is 0 Å². The maximum atomic E-state index is 12.1. The summed E-state index contributed by atoms with van der Waals surface area (Å²) in [5, 5.41) is 2.75. The van der Waals surface area contributed by atoms with E-state index in [1.165, 1.54) is 5.56 Å². The second kappa shape index (κ2) is 9.88. The Morgan fingerprint density at radius 1 is 1.12 bits per heavy atom. The minimum Gasteiger partial charge on any atom is -0.356 e. The number of hydrogen-bond donors (Lipinski definition) is 1. The monoisotopic (exact) mass is 329 g/mol. The highest BCUT2D eigenvalue weighted by molar-refractivity contribution is 5.96. The Hall–Kier alpha value is -2.14. The summed E-state index contributed by atoms with van der Waals surface area (Å²) < 4.78 is 0. The lowest BCUT2D eigenvalue weighted by atomic mass is 10.2. The lowest BCUT2D eigenvalue weighted by Gasteiger charge is -2.34. The summed E-state index contributed by atoms with van der Waals surface area (Å²) >= 11 is 0. The van der Waals surface area contributed by atoms with E-state index in [9.17, 15) is 9.59 Å². The highest BCUT2D eigenvalue weighted by Gasteiger charge is 2.21. The van der Waals surface area contributed by atoms with Crippen LogP contribution in [0.1, 0.15) is 25.3 Å². The highest BCUT2D eigenvalue weighted by atomic mass is 16.2. The van der Waals surface area contributed by atoms with Crippen LogP contribution in [-0.2, 0) is 9.59 Å². The van der Waals surface area contributed by atoms with Gasteiger partial charge in [-0.1, -0.05) is 49.4 Å². The van der Waals surface area contributed by atoms with Crippen LogP contribution in [0, 0.1) is 0 Å². The van der Waals surface area contributed by atoms with Gasteiger partial charge in [0.05, 0.1) is 0 Å². The predicted octanol–water partition coefficient (Wildman–Crippen LogP) is 1.76. The van der Waals surface area contributed by atoms with Crippen LogP contribution < -0.4 is 5.32 Å². The standard InChI is InChI=1S/C19H27N3O2/c1-2-10-20-18(23)16-19(24)22-14-12-21(13-15-22)11-6-9-17-7-4-3-5-8-17/h3-9H,2,10-16H2,1H3,(H,20,23)/b9-6+. The van der Waals surface area contributed by atoms with Crippen molar-refractivity contribution in [1.82, 2.24) is 15.1 Å². The number of benzene rings is 1. The highest BCUT2D eigenvalue weighted by Crippen LogP contribution is 2.06. The smallest absolute Gasteiger partial charge is 0.232 e. The largest absolute Gasteiger partial charge is 0.356 e. The van der Waals surface area contributed by atoms with Crippen molar-refractivity contribution >= 4 is 17.9 Å². The Kier molecular flexibility index (Phi) is 7.49. The van der Waals surface area contributed by atoms with Crippen molar-refractivity contribution < 1.29 is 9.59 Å². The van der Waals surface area contributed by atoms with E-state index < -0.39 is 0 Å². The molecule has 1 fully saturated rings. The van der Waals surface area contributed by atoms with Crippen LogP contribution in [0.25, 0.3) is 6.08 Å². The molecule has 130 valence electrons. The number of hydrogen-bond acceptors (Lipinski definition) is 3. The second-order valence-electron chi connectivity index (χ2n) is 6.02. The quantitative estimate of drug-likeness (QED) is 0.776. The van der Waals surface area contributed by atoms with Gasteiger partial charge in [-0.3, -0.25) is 14.5 Å². The molecular weight excluding hydrogens is 302 g/mol. The lowest BCUT2D eigenvalue weighted by molar-refractivity contribution is -0.137. The third kappa shape index (κ3) is 6.16. The first-order valence-electron chi connectivity index (χ1n) is 8.67. The van der Waals surface area contributed by atoms with Gasteiger partial charge in [-0.25, -0.2) is 0 Å². The summed E-state index contributed by atoms with van der Waals surface area (Å²) in [6.07, 6.45) is 5.13. The van der Waals surface area contributed by atoms with Crippen LogP contribution in [-0.4, -0.2) is 60.9 Å². The topological polar surface area (TPSA) is 52.7 Å².